The highest BCUT2D eigenvalue weighted by atomic mass is 16.1. The number of ketones is 1. The molecule has 0 aromatic rings. The summed E-state index contributed by atoms with van der Waals surface area (Å²) >= 11 is 0. The van der Waals surface area contributed by atoms with Gasteiger partial charge in [0.25, 0.3) is 0 Å². The minimum atomic E-state index is -0.192. The monoisotopic (exact) mass is 211 g/mol. The van der Waals surface area contributed by atoms with E-state index in [4.69, 9.17) is 5.73 Å². The van der Waals surface area contributed by atoms with Crippen LogP contribution in [0.1, 0.15) is 65.2 Å². The standard InChI is InChI=1S/C13H25NO/c1-13(2,14)9-8-12(15)10-11-6-4-3-5-7-11/h11H,3-10,14H2,1-2H3. The van der Waals surface area contributed by atoms with Gasteiger partial charge in [-0.3, -0.25) is 4.79 Å². The van der Waals surface area contributed by atoms with Crippen molar-refractivity contribution in [3.05, 3.63) is 0 Å². The summed E-state index contributed by atoms with van der Waals surface area (Å²) in [5.41, 5.74) is 5.67. The first-order valence-corrected chi connectivity index (χ1v) is 6.28. The molecule has 1 aliphatic rings. The fourth-order valence-electron chi connectivity index (χ4n) is 2.28. The maximum atomic E-state index is 11.7. The van der Waals surface area contributed by atoms with E-state index in [-0.39, 0.29) is 5.54 Å². The van der Waals surface area contributed by atoms with Crippen molar-refractivity contribution in [1.29, 1.82) is 0 Å². The third kappa shape index (κ3) is 5.93. The molecule has 0 heterocycles. The molecule has 15 heavy (non-hydrogen) atoms. The molecule has 0 amide bonds. The Morgan fingerprint density at radius 3 is 2.40 bits per heavy atom. The van der Waals surface area contributed by atoms with Crippen molar-refractivity contribution in [2.75, 3.05) is 0 Å². The van der Waals surface area contributed by atoms with E-state index in [1.165, 1.54) is 32.1 Å². The molecule has 2 nitrogen and oxygen atoms in total. The lowest BCUT2D eigenvalue weighted by molar-refractivity contribution is -0.120. The Kier molecular flexibility index (Phi) is 4.78. The van der Waals surface area contributed by atoms with Crippen molar-refractivity contribution < 1.29 is 4.79 Å². The molecule has 0 bridgehead atoms. The molecule has 0 aromatic carbocycles. The Labute approximate surface area is 93.6 Å². The predicted octanol–water partition coefficient (Wildman–Crippen LogP) is 3.04. The van der Waals surface area contributed by atoms with Crippen molar-refractivity contribution >= 4 is 5.78 Å². The second-order valence-corrected chi connectivity index (χ2v) is 5.74. The third-order valence-corrected chi connectivity index (χ3v) is 3.29. The second kappa shape index (κ2) is 5.64. The Morgan fingerprint density at radius 2 is 1.87 bits per heavy atom. The number of carbonyl (C=O) groups excluding carboxylic acids is 1. The quantitative estimate of drug-likeness (QED) is 0.759. The van der Waals surface area contributed by atoms with Crippen LogP contribution in [0.25, 0.3) is 0 Å². The SMILES string of the molecule is CC(C)(N)CCC(=O)CC1CCCCC1. The zero-order valence-electron chi connectivity index (χ0n) is 10.2. The second-order valence-electron chi connectivity index (χ2n) is 5.74. The number of Topliss-reactive ketones (excluding diaryl/α,β-unsaturated/α-hetero) is 1. The van der Waals surface area contributed by atoms with Crippen molar-refractivity contribution in [3.63, 3.8) is 0 Å². The lowest BCUT2D eigenvalue weighted by Gasteiger charge is -2.22. The van der Waals surface area contributed by atoms with Crippen molar-refractivity contribution in [3.8, 4) is 0 Å². The van der Waals surface area contributed by atoms with E-state index in [2.05, 4.69) is 0 Å². The topological polar surface area (TPSA) is 43.1 Å². The van der Waals surface area contributed by atoms with E-state index in [0.29, 0.717) is 18.1 Å². The van der Waals surface area contributed by atoms with Gasteiger partial charge in [-0.25, -0.2) is 0 Å². The van der Waals surface area contributed by atoms with Crippen LogP contribution in [-0.2, 0) is 4.79 Å². The molecular formula is C13H25NO. The average Bonchev–Trinajstić information content (AvgIpc) is 2.15. The zero-order valence-corrected chi connectivity index (χ0v) is 10.2. The van der Waals surface area contributed by atoms with Gasteiger partial charge in [-0.15, -0.1) is 0 Å². The van der Waals surface area contributed by atoms with Gasteiger partial charge < -0.3 is 5.73 Å². The number of carbonyl (C=O) groups is 1. The first-order chi connectivity index (χ1) is 6.97. The molecule has 1 saturated carbocycles. The number of hydrogen-bond acceptors (Lipinski definition) is 2. The van der Waals surface area contributed by atoms with E-state index in [1.807, 2.05) is 13.8 Å². The van der Waals surface area contributed by atoms with Crippen LogP contribution in [0.2, 0.25) is 0 Å². The molecule has 1 fully saturated rings. The minimum absolute atomic E-state index is 0.192. The lowest BCUT2D eigenvalue weighted by atomic mass is 9.84. The van der Waals surface area contributed by atoms with Gasteiger partial charge in [0.2, 0.25) is 0 Å². The highest BCUT2D eigenvalue weighted by molar-refractivity contribution is 5.78. The Bertz CT molecular complexity index is 199. The molecule has 0 radical (unpaired) electrons. The molecule has 0 atom stereocenters. The van der Waals surface area contributed by atoms with Crippen molar-refractivity contribution in [2.24, 2.45) is 11.7 Å². The summed E-state index contributed by atoms with van der Waals surface area (Å²) in [6, 6.07) is 0. The van der Waals surface area contributed by atoms with Crippen LogP contribution >= 0.6 is 0 Å². The number of nitrogens with two attached hydrogens (primary N) is 1. The normalized spacial score (nSPS) is 19.1. The molecule has 88 valence electrons. The summed E-state index contributed by atoms with van der Waals surface area (Å²) in [6.45, 7) is 3.97. The van der Waals surface area contributed by atoms with E-state index < -0.39 is 0 Å². The van der Waals surface area contributed by atoms with Crippen LogP contribution in [0.3, 0.4) is 0 Å². The van der Waals surface area contributed by atoms with E-state index in [1.54, 1.807) is 0 Å². The van der Waals surface area contributed by atoms with Gasteiger partial charge in [0.05, 0.1) is 0 Å². The van der Waals surface area contributed by atoms with Gasteiger partial charge in [0.1, 0.15) is 5.78 Å². The maximum absolute atomic E-state index is 11.7. The van der Waals surface area contributed by atoms with Crippen LogP contribution in [0.5, 0.6) is 0 Å². The highest BCUT2D eigenvalue weighted by Gasteiger charge is 2.18. The summed E-state index contributed by atoms with van der Waals surface area (Å²) in [6.07, 6.45) is 8.81. The van der Waals surface area contributed by atoms with E-state index >= 15 is 0 Å². The molecule has 1 aliphatic carbocycles. The van der Waals surface area contributed by atoms with Crippen LogP contribution in [-0.4, -0.2) is 11.3 Å². The van der Waals surface area contributed by atoms with Gasteiger partial charge in [-0.1, -0.05) is 32.1 Å². The first kappa shape index (κ1) is 12.7. The predicted molar refractivity (Wildman–Crippen MR) is 63.7 cm³/mol. The molecule has 0 aliphatic heterocycles. The highest BCUT2D eigenvalue weighted by Crippen LogP contribution is 2.27. The molecule has 0 spiro atoms. The largest absolute Gasteiger partial charge is 0.326 e. The number of rotatable bonds is 5. The van der Waals surface area contributed by atoms with Crippen LogP contribution in [0.15, 0.2) is 0 Å². The summed E-state index contributed by atoms with van der Waals surface area (Å²) < 4.78 is 0. The fourth-order valence-corrected chi connectivity index (χ4v) is 2.28. The Morgan fingerprint density at radius 1 is 1.27 bits per heavy atom. The number of hydrogen-bond donors (Lipinski definition) is 1. The zero-order chi connectivity index (χ0) is 11.3. The molecule has 0 saturated heterocycles. The third-order valence-electron chi connectivity index (χ3n) is 3.29. The molecular weight excluding hydrogens is 186 g/mol. The van der Waals surface area contributed by atoms with Gasteiger partial charge in [-0.2, -0.15) is 0 Å². The summed E-state index contributed by atoms with van der Waals surface area (Å²) in [5, 5.41) is 0. The maximum Gasteiger partial charge on any atom is 0.133 e. The van der Waals surface area contributed by atoms with Gasteiger partial charge in [0.15, 0.2) is 0 Å². The Balaban J connectivity index is 2.17. The van der Waals surface area contributed by atoms with Crippen molar-refractivity contribution in [2.45, 2.75) is 70.8 Å². The van der Waals surface area contributed by atoms with Crippen LogP contribution in [0.4, 0.5) is 0 Å². The fraction of sp³-hybridized carbons (Fsp3) is 0.923. The van der Waals surface area contributed by atoms with Crippen LogP contribution < -0.4 is 5.73 Å². The molecule has 2 heteroatoms. The summed E-state index contributed by atoms with van der Waals surface area (Å²) in [7, 11) is 0. The van der Waals surface area contributed by atoms with Crippen LogP contribution in [0, 0.1) is 5.92 Å². The van der Waals surface area contributed by atoms with Gasteiger partial charge >= 0.3 is 0 Å². The van der Waals surface area contributed by atoms with Gasteiger partial charge in [0, 0.05) is 18.4 Å². The lowest BCUT2D eigenvalue weighted by Crippen LogP contribution is -2.32. The van der Waals surface area contributed by atoms with E-state index in [0.717, 1.165) is 12.8 Å². The summed E-state index contributed by atoms with van der Waals surface area (Å²) in [5.74, 6) is 1.09. The smallest absolute Gasteiger partial charge is 0.133 e. The van der Waals surface area contributed by atoms with Gasteiger partial charge in [-0.05, 0) is 26.2 Å². The van der Waals surface area contributed by atoms with Crippen molar-refractivity contribution in [1.82, 2.24) is 0 Å². The molecule has 0 unspecified atom stereocenters. The Hall–Kier alpha value is -0.370. The molecule has 0 aromatic heterocycles. The minimum Gasteiger partial charge on any atom is -0.326 e. The first-order valence-electron chi connectivity index (χ1n) is 6.28. The molecule has 1 rings (SSSR count). The van der Waals surface area contributed by atoms with E-state index in [9.17, 15) is 4.79 Å². The molecule has 2 N–H and O–H groups in total. The average molecular weight is 211 g/mol. The summed E-state index contributed by atoms with van der Waals surface area (Å²) in [4.78, 5) is 11.7.